The molecule has 1 amide bonds. The first-order valence-corrected chi connectivity index (χ1v) is 13.2. The van der Waals surface area contributed by atoms with Crippen LogP contribution in [0, 0.1) is 6.92 Å². The van der Waals surface area contributed by atoms with Crippen LogP contribution in [0.3, 0.4) is 0 Å². The molecule has 3 aromatic rings. The predicted octanol–water partition coefficient (Wildman–Crippen LogP) is 4.67. The van der Waals surface area contributed by atoms with Crippen LogP contribution in [0.4, 0.5) is 11.4 Å². The Morgan fingerprint density at radius 3 is 2.59 bits per heavy atom. The van der Waals surface area contributed by atoms with Crippen molar-refractivity contribution in [2.24, 2.45) is 0 Å². The molecule has 0 saturated carbocycles. The quantitative estimate of drug-likeness (QED) is 0.430. The highest BCUT2D eigenvalue weighted by Crippen LogP contribution is 2.39. The molecule has 1 N–H and O–H groups in total. The molecule has 1 aliphatic heterocycles. The molecule has 0 bridgehead atoms. The number of amides is 1. The average molecular weight is 545 g/mol. The van der Waals surface area contributed by atoms with Gasteiger partial charge in [-0.05, 0) is 74.0 Å². The maximum atomic E-state index is 13.6. The van der Waals surface area contributed by atoms with Gasteiger partial charge in [0.25, 0.3) is 15.9 Å². The Kier molecular flexibility index (Phi) is 7.60. The first kappa shape index (κ1) is 26.3. The van der Waals surface area contributed by atoms with Crippen molar-refractivity contribution < 1.29 is 32.2 Å². The van der Waals surface area contributed by atoms with Crippen LogP contribution >= 0.6 is 11.6 Å². The maximum absolute atomic E-state index is 13.6. The van der Waals surface area contributed by atoms with Crippen molar-refractivity contribution in [1.29, 1.82) is 0 Å². The number of nitrogens with one attached hydrogen (secondary N) is 1. The van der Waals surface area contributed by atoms with E-state index < -0.39 is 21.9 Å². The van der Waals surface area contributed by atoms with Crippen molar-refractivity contribution in [3.05, 3.63) is 76.3 Å². The minimum Gasteiger partial charge on any atom is -0.495 e. The summed E-state index contributed by atoms with van der Waals surface area (Å²) in [5.74, 6) is -0.436. The van der Waals surface area contributed by atoms with Crippen LogP contribution in [-0.2, 0) is 14.8 Å². The lowest BCUT2D eigenvalue weighted by Gasteiger charge is -2.31. The first-order chi connectivity index (χ1) is 17.6. The van der Waals surface area contributed by atoms with Crippen molar-refractivity contribution in [1.82, 2.24) is 0 Å². The number of hydrogen-bond acceptors (Lipinski definition) is 7. The Morgan fingerprint density at radius 2 is 1.89 bits per heavy atom. The summed E-state index contributed by atoms with van der Waals surface area (Å²) in [7, 11) is -2.72. The van der Waals surface area contributed by atoms with Gasteiger partial charge in [0.1, 0.15) is 23.0 Å². The number of nitrogens with zero attached hydrogens (tertiary/aromatic N) is 1. The first-order valence-electron chi connectivity index (χ1n) is 11.4. The van der Waals surface area contributed by atoms with Crippen molar-refractivity contribution in [3.63, 3.8) is 0 Å². The molecule has 0 spiro atoms. The number of carbonyl (C=O) groups excluding carboxylic acids is 2. The molecule has 1 heterocycles. The van der Waals surface area contributed by atoms with Crippen LogP contribution in [-0.4, -0.2) is 47.2 Å². The lowest BCUT2D eigenvalue weighted by Crippen LogP contribution is -2.38. The number of methoxy groups -OCH3 is 1. The van der Waals surface area contributed by atoms with Gasteiger partial charge >= 0.3 is 5.97 Å². The topological polar surface area (TPSA) is 111 Å². The Morgan fingerprint density at radius 1 is 1.11 bits per heavy atom. The molecule has 3 aromatic carbocycles. The summed E-state index contributed by atoms with van der Waals surface area (Å²) in [6, 6.07) is 13.7. The Balaban J connectivity index is 1.64. The van der Waals surface area contributed by atoms with E-state index in [1.54, 1.807) is 44.2 Å². The third-order valence-corrected chi connectivity index (χ3v) is 7.78. The van der Waals surface area contributed by atoms with Crippen LogP contribution in [0.25, 0.3) is 0 Å². The van der Waals surface area contributed by atoms with Crippen molar-refractivity contribution in [2.45, 2.75) is 18.7 Å². The molecule has 1 aliphatic rings. The Labute approximate surface area is 219 Å². The number of aryl methyl sites for hydroxylation is 1. The zero-order valence-corrected chi connectivity index (χ0v) is 22.0. The van der Waals surface area contributed by atoms with Crippen LogP contribution in [0.5, 0.6) is 11.5 Å². The molecular formula is C26H25ClN2O7S. The number of benzene rings is 3. The number of sulfonamides is 1. The van der Waals surface area contributed by atoms with Gasteiger partial charge in [-0.15, -0.1) is 0 Å². The summed E-state index contributed by atoms with van der Waals surface area (Å²) in [4.78, 5) is 25.0. The number of anilines is 2. The molecule has 0 fully saturated rings. The van der Waals surface area contributed by atoms with Gasteiger partial charge in [-0.25, -0.2) is 13.2 Å². The van der Waals surface area contributed by atoms with Gasteiger partial charge in [0.2, 0.25) is 0 Å². The molecule has 0 aliphatic carbocycles. The van der Waals surface area contributed by atoms with E-state index in [0.717, 1.165) is 0 Å². The van der Waals surface area contributed by atoms with Gasteiger partial charge in [0.05, 0.1) is 31.5 Å². The fourth-order valence-electron chi connectivity index (χ4n) is 3.94. The van der Waals surface area contributed by atoms with Gasteiger partial charge in [-0.2, -0.15) is 0 Å². The van der Waals surface area contributed by atoms with E-state index in [9.17, 15) is 18.0 Å². The van der Waals surface area contributed by atoms with Gasteiger partial charge in [-0.3, -0.25) is 9.10 Å². The monoisotopic (exact) mass is 544 g/mol. The summed E-state index contributed by atoms with van der Waals surface area (Å²) < 4.78 is 44.3. The average Bonchev–Trinajstić information content (AvgIpc) is 2.88. The highest BCUT2D eigenvalue weighted by atomic mass is 35.5. The zero-order valence-electron chi connectivity index (χ0n) is 20.4. The number of halogens is 1. The van der Waals surface area contributed by atoms with Crippen molar-refractivity contribution >= 4 is 44.9 Å². The van der Waals surface area contributed by atoms with Gasteiger partial charge in [0.15, 0.2) is 0 Å². The highest BCUT2D eigenvalue weighted by Gasteiger charge is 2.33. The Hall–Kier alpha value is -3.76. The fraction of sp³-hybridized carbons (Fsp3) is 0.231. The SMILES string of the molecule is CCOC(=O)c1ccc(NC(=O)c2ccc3c(c2)N(S(=O)(=O)c2cc(Cl)ccc2OC)CCO3)cc1C. The molecule has 0 aromatic heterocycles. The minimum absolute atomic E-state index is 0.0323. The fourth-order valence-corrected chi connectivity index (χ4v) is 5.81. The van der Waals surface area contributed by atoms with E-state index in [1.807, 2.05) is 0 Å². The molecule has 4 rings (SSSR count). The van der Waals surface area contributed by atoms with E-state index in [0.29, 0.717) is 22.6 Å². The third kappa shape index (κ3) is 5.35. The number of fused-ring (bicyclic) bond motifs is 1. The largest absolute Gasteiger partial charge is 0.495 e. The molecular weight excluding hydrogens is 520 g/mol. The summed E-state index contributed by atoms with van der Waals surface area (Å²) in [5.41, 5.74) is 1.95. The van der Waals surface area contributed by atoms with Gasteiger partial charge in [0, 0.05) is 16.3 Å². The summed E-state index contributed by atoms with van der Waals surface area (Å²) in [6.45, 7) is 3.89. The van der Waals surface area contributed by atoms with Crippen LogP contribution in [0.1, 0.15) is 33.2 Å². The molecule has 9 nitrogen and oxygen atoms in total. The summed E-state index contributed by atoms with van der Waals surface area (Å²) in [5, 5.41) is 3.02. The van der Waals surface area contributed by atoms with Gasteiger partial charge in [-0.1, -0.05) is 11.6 Å². The Bertz CT molecular complexity index is 1470. The van der Waals surface area contributed by atoms with E-state index in [1.165, 1.54) is 35.7 Å². The van der Waals surface area contributed by atoms with Gasteiger partial charge < -0.3 is 19.5 Å². The number of ether oxygens (including phenoxy) is 3. The second-order valence-corrected chi connectivity index (χ2v) is 10.4. The molecule has 11 heteroatoms. The normalized spacial score (nSPS) is 12.8. The van der Waals surface area contributed by atoms with Crippen LogP contribution in [0.15, 0.2) is 59.5 Å². The number of carbonyl (C=O) groups is 2. The summed E-state index contributed by atoms with van der Waals surface area (Å²) >= 11 is 6.07. The van der Waals surface area contributed by atoms with E-state index in [-0.39, 0.29) is 46.7 Å². The molecule has 0 radical (unpaired) electrons. The second kappa shape index (κ2) is 10.7. The highest BCUT2D eigenvalue weighted by molar-refractivity contribution is 7.93. The second-order valence-electron chi connectivity index (χ2n) is 8.11. The van der Waals surface area contributed by atoms with Crippen molar-refractivity contribution in [3.8, 4) is 11.5 Å². The predicted molar refractivity (Wildman–Crippen MR) is 140 cm³/mol. The van der Waals surface area contributed by atoms with Crippen molar-refractivity contribution in [2.75, 3.05) is 36.5 Å². The summed E-state index contributed by atoms with van der Waals surface area (Å²) in [6.07, 6.45) is 0. The van der Waals surface area contributed by atoms with E-state index in [2.05, 4.69) is 5.32 Å². The molecule has 37 heavy (non-hydrogen) atoms. The lowest BCUT2D eigenvalue weighted by atomic mass is 10.1. The smallest absolute Gasteiger partial charge is 0.338 e. The standard InChI is InChI=1S/C26H25ClN2O7S/c1-4-35-26(31)20-8-7-19(13-16(20)2)28-25(30)17-5-9-22-21(14-17)29(11-12-36-22)37(32,33)24-15-18(27)6-10-23(24)34-3/h5-10,13-15H,4,11-12H2,1-3H3,(H,28,30). The van der Waals surface area contributed by atoms with Crippen LogP contribution < -0.4 is 19.1 Å². The third-order valence-electron chi connectivity index (χ3n) is 5.72. The minimum atomic E-state index is -4.10. The lowest BCUT2D eigenvalue weighted by molar-refractivity contribution is 0.0525. The molecule has 0 saturated heterocycles. The number of esters is 1. The van der Waals surface area contributed by atoms with E-state index in [4.69, 9.17) is 25.8 Å². The number of hydrogen-bond donors (Lipinski definition) is 1. The molecule has 0 atom stereocenters. The molecule has 194 valence electrons. The zero-order chi connectivity index (χ0) is 26.7. The maximum Gasteiger partial charge on any atom is 0.338 e. The molecule has 0 unspecified atom stereocenters. The van der Waals surface area contributed by atoms with E-state index >= 15 is 0 Å². The number of rotatable bonds is 7. The van der Waals surface area contributed by atoms with Crippen LogP contribution in [0.2, 0.25) is 5.02 Å².